The van der Waals surface area contributed by atoms with Crippen LogP contribution < -0.4 is 11.1 Å². The molecule has 6 heteroatoms. The van der Waals surface area contributed by atoms with Crippen molar-refractivity contribution >= 4 is 23.5 Å². The van der Waals surface area contributed by atoms with Crippen molar-refractivity contribution in [3.05, 3.63) is 35.4 Å². The van der Waals surface area contributed by atoms with Crippen molar-refractivity contribution in [1.29, 1.82) is 0 Å². The highest BCUT2D eigenvalue weighted by molar-refractivity contribution is 7.99. The Hall–Kier alpha value is -1.69. The number of nitrogens with zero attached hydrogens (tertiary/aromatic N) is 1. The second-order valence-electron chi connectivity index (χ2n) is 4.49. The Bertz CT molecular complexity index is 460. The lowest BCUT2D eigenvalue weighted by Gasteiger charge is -2.13. The molecule has 4 N–H and O–H groups in total. The molecule has 0 aliphatic rings. The fourth-order valence-electron chi connectivity index (χ4n) is 1.70. The smallest absolute Gasteiger partial charge is 0.224 e. The van der Waals surface area contributed by atoms with Crippen LogP contribution in [0.2, 0.25) is 0 Å². The molecule has 20 heavy (non-hydrogen) atoms. The number of carbonyl (C=O) groups excluding carboxylic acids is 1. The summed E-state index contributed by atoms with van der Waals surface area (Å²) in [6.45, 7) is 4.10. The maximum Gasteiger partial charge on any atom is 0.224 e. The first-order valence-corrected chi connectivity index (χ1v) is 7.66. The summed E-state index contributed by atoms with van der Waals surface area (Å²) in [6.07, 6.45) is 0.331. The van der Waals surface area contributed by atoms with Crippen LogP contribution in [0.4, 0.5) is 0 Å². The van der Waals surface area contributed by atoms with Gasteiger partial charge in [-0.15, -0.1) is 0 Å². The van der Waals surface area contributed by atoms with E-state index in [1.807, 2.05) is 6.92 Å². The molecular weight excluding hydrogens is 274 g/mol. The monoisotopic (exact) mass is 295 g/mol. The fraction of sp³-hybridized carbons (Fsp3) is 0.429. The number of hydrogen-bond acceptors (Lipinski definition) is 4. The van der Waals surface area contributed by atoms with Crippen LogP contribution in [0.25, 0.3) is 0 Å². The molecule has 0 aromatic heterocycles. The van der Waals surface area contributed by atoms with Crippen molar-refractivity contribution in [2.24, 2.45) is 10.9 Å². The van der Waals surface area contributed by atoms with Crippen LogP contribution in [0.1, 0.15) is 25.0 Å². The van der Waals surface area contributed by atoms with E-state index in [1.165, 1.54) is 0 Å². The molecule has 0 radical (unpaired) electrons. The quantitative estimate of drug-likeness (QED) is 0.308. The van der Waals surface area contributed by atoms with Gasteiger partial charge in [0.05, 0.1) is 6.42 Å². The number of oxime groups is 1. The van der Waals surface area contributed by atoms with E-state index < -0.39 is 0 Å². The number of amides is 1. The van der Waals surface area contributed by atoms with Gasteiger partial charge in [-0.3, -0.25) is 4.79 Å². The second-order valence-corrected chi connectivity index (χ2v) is 5.81. The maximum atomic E-state index is 11.9. The maximum absolute atomic E-state index is 11.9. The van der Waals surface area contributed by atoms with Crippen LogP contribution in [0.5, 0.6) is 0 Å². The summed E-state index contributed by atoms with van der Waals surface area (Å²) in [5.74, 6) is 2.04. The van der Waals surface area contributed by atoms with E-state index in [0.717, 1.165) is 17.1 Å². The summed E-state index contributed by atoms with van der Waals surface area (Å²) in [7, 11) is 0. The lowest BCUT2D eigenvalue weighted by molar-refractivity contribution is -0.120. The summed E-state index contributed by atoms with van der Waals surface area (Å²) in [5.41, 5.74) is 7.00. The molecule has 1 amide bonds. The fourth-order valence-corrected chi connectivity index (χ4v) is 2.37. The minimum absolute atomic E-state index is 0.00532. The zero-order valence-corrected chi connectivity index (χ0v) is 12.6. The minimum atomic E-state index is 0.00532. The van der Waals surface area contributed by atoms with E-state index in [0.29, 0.717) is 12.0 Å². The van der Waals surface area contributed by atoms with Gasteiger partial charge < -0.3 is 16.3 Å². The van der Waals surface area contributed by atoms with Gasteiger partial charge in [-0.2, -0.15) is 11.8 Å². The normalized spacial score (nSPS) is 13.0. The van der Waals surface area contributed by atoms with Crippen LogP contribution in [-0.2, 0) is 11.2 Å². The predicted octanol–water partition coefficient (Wildman–Crippen LogP) is 1.58. The van der Waals surface area contributed by atoms with Crippen LogP contribution in [-0.4, -0.2) is 34.5 Å². The lowest BCUT2D eigenvalue weighted by atomic mass is 10.1. The van der Waals surface area contributed by atoms with Gasteiger partial charge in [0, 0.05) is 17.4 Å². The van der Waals surface area contributed by atoms with Gasteiger partial charge in [-0.25, -0.2) is 0 Å². The average Bonchev–Trinajstić information content (AvgIpc) is 2.45. The molecule has 0 spiro atoms. The van der Waals surface area contributed by atoms with Crippen molar-refractivity contribution in [1.82, 2.24) is 5.32 Å². The number of benzene rings is 1. The van der Waals surface area contributed by atoms with Gasteiger partial charge in [0.2, 0.25) is 5.91 Å². The van der Waals surface area contributed by atoms with Crippen molar-refractivity contribution in [3.8, 4) is 0 Å². The summed E-state index contributed by atoms with van der Waals surface area (Å²) >= 11 is 1.81. The van der Waals surface area contributed by atoms with E-state index in [4.69, 9.17) is 10.9 Å². The Balaban J connectivity index is 2.50. The van der Waals surface area contributed by atoms with Crippen molar-refractivity contribution in [2.45, 2.75) is 26.3 Å². The highest BCUT2D eigenvalue weighted by Gasteiger charge is 2.08. The number of nitrogens with one attached hydrogen (secondary N) is 1. The molecule has 0 aliphatic carbocycles. The number of nitrogens with two attached hydrogens (primary N) is 1. The van der Waals surface area contributed by atoms with Gasteiger partial charge in [-0.1, -0.05) is 36.3 Å². The first-order valence-electron chi connectivity index (χ1n) is 6.50. The van der Waals surface area contributed by atoms with E-state index in [-0.39, 0.29) is 17.8 Å². The molecule has 0 bridgehead atoms. The van der Waals surface area contributed by atoms with Gasteiger partial charge in [0.1, 0.15) is 0 Å². The predicted molar refractivity (Wildman–Crippen MR) is 83.3 cm³/mol. The third kappa shape index (κ3) is 5.52. The SMILES string of the molecule is CCSCC(C)NC(=O)Cc1ccc(/C(N)=N/O)cc1. The molecule has 0 saturated carbocycles. The first-order chi connectivity index (χ1) is 9.56. The Morgan fingerprint density at radius 2 is 2.10 bits per heavy atom. The average molecular weight is 295 g/mol. The van der Waals surface area contributed by atoms with Crippen molar-refractivity contribution in [3.63, 3.8) is 0 Å². The van der Waals surface area contributed by atoms with Crippen molar-refractivity contribution < 1.29 is 10.0 Å². The van der Waals surface area contributed by atoms with Gasteiger partial charge in [0.15, 0.2) is 5.84 Å². The highest BCUT2D eigenvalue weighted by atomic mass is 32.2. The molecule has 0 fully saturated rings. The van der Waals surface area contributed by atoms with E-state index in [1.54, 1.807) is 36.0 Å². The molecule has 0 saturated heterocycles. The Morgan fingerprint density at radius 3 is 2.65 bits per heavy atom. The topological polar surface area (TPSA) is 87.7 Å². The largest absolute Gasteiger partial charge is 0.409 e. The summed E-state index contributed by atoms with van der Waals surface area (Å²) in [5, 5.41) is 14.5. The number of amidine groups is 1. The zero-order valence-electron chi connectivity index (χ0n) is 11.8. The molecule has 1 aromatic carbocycles. The second kappa shape index (κ2) is 8.47. The van der Waals surface area contributed by atoms with E-state index in [2.05, 4.69) is 17.4 Å². The minimum Gasteiger partial charge on any atom is -0.409 e. The standard InChI is InChI=1S/C14H21N3O2S/c1-3-20-9-10(2)16-13(18)8-11-4-6-12(7-5-11)14(15)17-19/h4-7,10,19H,3,8-9H2,1-2H3,(H2,15,17)(H,16,18). The lowest BCUT2D eigenvalue weighted by Crippen LogP contribution is -2.35. The Kier molecular flexibility index (Phi) is 6.93. The summed E-state index contributed by atoms with van der Waals surface area (Å²) in [4.78, 5) is 11.9. The molecule has 110 valence electrons. The highest BCUT2D eigenvalue weighted by Crippen LogP contribution is 2.06. The summed E-state index contributed by atoms with van der Waals surface area (Å²) in [6, 6.07) is 7.24. The third-order valence-corrected chi connectivity index (χ3v) is 3.85. The number of rotatable bonds is 7. The number of carbonyl (C=O) groups is 1. The number of hydrogen-bond donors (Lipinski definition) is 3. The molecule has 1 unspecified atom stereocenters. The van der Waals surface area contributed by atoms with Crippen LogP contribution in [0, 0.1) is 0 Å². The molecule has 0 heterocycles. The van der Waals surface area contributed by atoms with Gasteiger partial charge in [0.25, 0.3) is 0 Å². The summed E-state index contributed by atoms with van der Waals surface area (Å²) < 4.78 is 0. The molecule has 1 atom stereocenters. The molecular formula is C14H21N3O2S. The first kappa shape index (κ1) is 16.4. The molecule has 1 aromatic rings. The van der Waals surface area contributed by atoms with Crippen LogP contribution >= 0.6 is 11.8 Å². The third-order valence-electron chi connectivity index (χ3n) is 2.70. The van der Waals surface area contributed by atoms with Crippen molar-refractivity contribution in [2.75, 3.05) is 11.5 Å². The van der Waals surface area contributed by atoms with Crippen LogP contribution in [0.3, 0.4) is 0 Å². The zero-order chi connectivity index (χ0) is 15.0. The van der Waals surface area contributed by atoms with Gasteiger partial charge in [-0.05, 0) is 18.2 Å². The molecule has 1 rings (SSSR count). The van der Waals surface area contributed by atoms with E-state index in [9.17, 15) is 4.79 Å². The van der Waals surface area contributed by atoms with Gasteiger partial charge >= 0.3 is 0 Å². The molecule has 0 aliphatic heterocycles. The van der Waals surface area contributed by atoms with Crippen LogP contribution in [0.15, 0.2) is 29.4 Å². The molecule has 5 nitrogen and oxygen atoms in total. The Morgan fingerprint density at radius 1 is 1.45 bits per heavy atom. The Labute approximate surface area is 123 Å². The van der Waals surface area contributed by atoms with E-state index >= 15 is 0 Å². The number of thioether (sulfide) groups is 1.